The molecular weight excluding hydrogens is 355 g/mol. The topological polar surface area (TPSA) is 43.8 Å². The number of phenolic OH excluding ortho intramolecular Hbond substituents is 1. The fraction of sp³-hybridized carbons (Fsp3) is 0.696. The minimum absolute atomic E-state index is 0.000737. The van der Waals surface area contributed by atoms with Crippen molar-refractivity contribution in [2.24, 2.45) is 17.8 Å². The summed E-state index contributed by atoms with van der Waals surface area (Å²) >= 11 is 0. The van der Waals surface area contributed by atoms with Crippen LogP contribution in [-0.2, 0) is 0 Å². The molecule has 4 atom stereocenters. The van der Waals surface area contributed by atoms with E-state index >= 15 is 0 Å². The Kier molecular flexibility index (Phi) is 5.64. The number of hydrogen-bond donors (Lipinski definition) is 1. The van der Waals surface area contributed by atoms with E-state index in [1.807, 2.05) is 4.90 Å². The maximum Gasteiger partial charge on any atom is 0.256 e. The van der Waals surface area contributed by atoms with Crippen LogP contribution in [0.3, 0.4) is 0 Å². The molecule has 0 saturated carbocycles. The Morgan fingerprint density at radius 1 is 1.25 bits per heavy atom. The monoisotopic (exact) mass is 388 g/mol. The number of benzene rings is 1. The molecule has 5 heteroatoms. The Labute approximate surface area is 167 Å². The lowest BCUT2D eigenvalue weighted by Gasteiger charge is -2.57. The van der Waals surface area contributed by atoms with Gasteiger partial charge in [-0.15, -0.1) is 0 Å². The third kappa shape index (κ3) is 3.78. The minimum Gasteiger partial charge on any atom is -0.508 e. The van der Waals surface area contributed by atoms with E-state index in [0.717, 1.165) is 0 Å². The van der Waals surface area contributed by atoms with Gasteiger partial charge in [-0.3, -0.25) is 9.69 Å². The van der Waals surface area contributed by atoms with Crippen LogP contribution < -0.4 is 0 Å². The van der Waals surface area contributed by atoms with Crippen LogP contribution in [0.25, 0.3) is 0 Å². The summed E-state index contributed by atoms with van der Waals surface area (Å²) in [6.07, 6.45) is 7.37. The van der Waals surface area contributed by atoms with E-state index < -0.39 is 5.82 Å². The smallest absolute Gasteiger partial charge is 0.256 e. The molecule has 4 rings (SSSR count). The van der Waals surface area contributed by atoms with Gasteiger partial charge in [0.05, 0.1) is 5.56 Å². The van der Waals surface area contributed by atoms with E-state index in [4.69, 9.17) is 0 Å². The number of piperidine rings is 3. The first kappa shape index (κ1) is 19.7. The standard InChI is InChI=1S/C23H33FN2O2/c1-15(2)6-9-22-17-11-16(21-5-3-4-10-26(21)22)13-25(14-17)23(28)19-12-18(27)7-8-20(19)24/h7-8,12,15-17,21-22,27H,3-6,9-11,13-14H2,1-2H3/t16-,17+,21+,22+/m1/s1. The molecule has 0 aromatic heterocycles. The summed E-state index contributed by atoms with van der Waals surface area (Å²) in [7, 11) is 0. The van der Waals surface area contributed by atoms with Crippen LogP contribution in [0.5, 0.6) is 5.75 Å². The van der Waals surface area contributed by atoms with E-state index in [-0.39, 0.29) is 17.2 Å². The first-order valence-corrected chi connectivity index (χ1v) is 11.0. The fourth-order valence-corrected chi connectivity index (χ4v) is 5.82. The second kappa shape index (κ2) is 8.02. The van der Waals surface area contributed by atoms with Gasteiger partial charge < -0.3 is 10.0 Å². The SMILES string of the molecule is CC(C)CC[C@H]1[C@H]2C[C@H](CN(C(=O)c3cc(O)ccc3F)C2)[C@@H]2CCCCN21. The molecule has 0 radical (unpaired) electrons. The molecular formula is C23H33FN2O2. The molecule has 3 fully saturated rings. The van der Waals surface area contributed by atoms with Crippen LogP contribution in [-0.4, -0.2) is 52.5 Å². The lowest BCUT2D eigenvalue weighted by molar-refractivity contribution is -0.0682. The first-order valence-electron chi connectivity index (χ1n) is 11.0. The van der Waals surface area contributed by atoms with Crippen molar-refractivity contribution in [1.82, 2.24) is 9.80 Å². The number of carbonyl (C=O) groups excluding carboxylic acids is 1. The van der Waals surface area contributed by atoms with E-state index in [2.05, 4.69) is 18.7 Å². The number of hydrogen-bond acceptors (Lipinski definition) is 3. The number of carbonyl (C=O) groups is 1. The van der Waals surface area contributed by atoms with Crippen molar-refractivity contribution in [2.75, 3.05) is 19.6 Å². The summed E-state index contributed by atoms with van der Waals surface area (Å²) in [5.74, 6) is 0.762. The highest BCUT2D eigenvalue weighted by Crippen LogP contribution is 2.43. The van der Waals surface area contributed by atoms with Crippen LogP contribution in [0, 0.1) is 23.6 Å². The van der Waals surface area contributed by atoms with Crippen molar-refractivity contribution in [3.63, 3.8) is 0 Å². The van der Waals surface area contributed by atoms with Gasteiger partial charge in [0.25, 0.3) is 5.91 Å². The second-order valence-corrected chi connectivity index (χ2v) is 9.47. The van der Waals surface area contributed by atoms with E-state index in [1.54, 1.807) is 0 Å². The Bertz CT molecular complexity index is 723. The molecule has 1 aromatic rings. The lowest BCUT2D eigenvalue weighted by Crippen LogP contribution is -2.64. The lowest BCUT2D eigenvalue weighted by atomic mass is 9.71. The number of halogens is 1. The molecule has 3 aliphatic heterocycles. The van der Waals surface area contributed by atoms with Gasteiger partial charge in [-0.05, 0) is 74.6 Å². The van der Waals surface area contributed by atoms with Crippen molar-refractivity contribution in [3.8, 4) is 5.75 Å². The van der Waals surface area contributed by atoms with Gasteiger partial charge in [-0.2, -0.15) is 0 Å². The number of fused-ring (bicyclic) bond motifs is 4. The number of likely N-dealkylation sites (tertiary alicyclic amines) is 1. The Hall–Kier alpha value is -1.62. The van der Waals surface area contributed by atoms with Crippen LogP contribution in [0.15, 0.2) is 18.2 Å². The Morgan fingerprint density at radius 2 is 2.04 bits per heavy atom. The van der Waals surface area contributed by atoms with E-state index in [1.165, 1.54) is 63.3 Å². The van der Waals surface area contributed by atoms with Gasteiger partial charge in [0.1, 0.15) is 11.6 Å². The largest absolute Gasteiger partial charge is 0.508 e. The quantitative estimate of drug-likeness (QED) is 0.837. The molecule has 3 saturated heterocycles. The number of amides is 1. The fourth-order valence-electron chi connectivity index (χ4n) is 5.82. The molecule has 3 aliphatic rings. The third-order valence-corrected chi connectivity index (χ3v) is 7.13. The molecule has 1 N–H and O–H groups in total. The summed E-state index contributed by atoms with van der Waals surface area (Å²) in [5, 5.41) is 9.72. The van der Waals surface area contributed by atoms with Crippen LogP contribution >= 0.6 is 0 Å². The van der Waals surface area contributed by atoms with Crippen molar-refractivity contribution in [1.29, 1.82) is 0 Å². The van der Waals surface area contributed by atoms with E-state index in [9.17, 15) is 14.3 Å². The van der Waals surface area contributed by atoms with Gasteiger partial charge in [-0.25, -0.2) is 4.39 Å². The van der Waals surface area contributed by atoms with Crippen LogP contribution in [0.1, 0.15) is 62.7 Å². The van der Waals surface area contributed by atoms with Gasteiger partial charge in [0, 0.05) is 25.2 Å². The maximum absolute atomic E-state index is 14.3. The van der Waals surface area contributed by atoms with Crippen LogP contribution in [0.4, 0.5) is 4.39 Å². The van der Waals surface area contributed by atoms with Crippen molar-refractivity contribution in [3.05, 3.63) is 29.6 Å². The summed E-state index contributed by atoms with van der Waals surface area (Å²) in [5.41, 5.74) is -0.000737. The molecule has 0 spiro atoms. The highest BCUT2D eigenvalue weighted by atomic mass is 19.1. The number of aromatic hydroxyl groups is 1. The van der Waals surface area contributed by atoms with Gasteiger partial charge >= 0.3 is 0 Å². The van der Waals surface area contributed by atoms with Crippen molar-refractivity contribution < 1.29 is 14.3 Å². The predicted molar refractivity (Wildman–Crippen MR) is 108 cm³/mol. The summed E-state index contributed by atoms with van der Waals surface area (Å²) in [6.45, 7) is 7.16. The average Bonchev–Trinajstić information content (AvgIpc) is 2.69. The van der Waals surface area contributed by atoms with Crippen molar-refractivity contribution >= 4 is 5.91 Å². The average molecular weight is 389 g/mol. The minimum atomic E-state index is -0.547. The molecule has 4 nitrogen and oxygen atoms in total. The normalized spacial score (nSPS) is 30.4. The molecule has 1 amide bonds. The molecule has 2 bridgehead atoms. The van der Waals surface area contributed by atoms with Gasteiger partial charge in [-0.1, -0.05) is 20.3 Å². The zero-order valence-electron chi connectivity index (χ0n) is 17.1. The van der Waals surface area contributed by atoms with Gasteiger partial charge in [0.2, 0.25) is 0 Å². The highest BCUT2D eigenvalue weighted by Gasteiger charge is 2.47. The molecule has 154 valence electrons. The second-order valence-electron chi connectivity index (χ2n) is 9.47. The third-order valence-electron chi connectivity index (χ3n) is 7.13. The molecule has 0 unspecified atom stereocenters. The molecule has 0 aliphatic carbocycles. The summed E-state index contributed by atoms with van der Waals surface area (Å²) in [4.78, 5) is 17.7. The highest BCUT2D eigenvalue weighted by molar-refractivity contribution is 5.95. The molecule has 1 aromatic carbocycles. The van der Waals surface area contributed by atoms with Crippen molar-refractivity contribution in [2.45, 2.75) is 64.5 Å². The zero-order chi connectivity index (χ0) is 19.8. The predicted octanol–water partition coefficient (Wildman–Crippen LogP) is 4.28. The summed E-state index contributed by atoms with van der Waals surface area (Å²) in [6, 6.07) is 4.84. The number of rotatable bonds is 4. The maximum atomic E-state index is 14.3. The first-order chi connectivity index (χ1) is 13.4. The number of phenols is 1. The summed E-state index contributed by atoms with van der Waals surface area (Å²) < 4.78 is 14.3. The number of nitrogens with zero attached hydrogens (tertiary/aromatic N) is 2. The Morgan fingerprint density at radius 3 is 2.82 bits per heavy atom. The van der Waals surface area contributed by atoms with E-state index in [0.29, 0.717) is 42.9 Å². The molecule has 28 heavy (non-hydrogen) atoms. The Balaban J connectivity index is 1.57. The zero-order valence-corrected chi connectivity index (χ0v) is 17.1. The molecule has 3 heterocycles. The van der Waals surface area contributed by atoms with Gasteiger partial charge in [0.15, 0.2) is 0 Å². The van der Waals surface area contributed by atoms with Crippen LogP contribution in [0.2, 0.25) is 0 Å².